The van der Waals surface area contributed by atoms with Crippen LogP contribution in [0.3, 0.4) is 0 Å². The van der Waals surface area contributed by atoms with Gasteiger partial charge in [-0.15, -0.1) is 0 Å². The molecule has 1 unspecified atom stereocenters. The van der Waals surface area contributed by atoms with Crippen molar-refractivity contribution in [2.75, 3.05) is 13.1 Å². The Balaban J connectivity index is 1.95. The van der Waals surface area contributed by atoms with E-state index >= 15 is 0 Å². The molecule has 5 heteroatoms. The molecule has 1 fully saturated rings. The second-order valence-corrected chi connectivity index (χ2v) is 3.89. The second kappa shape index (κ2) is 4.72. The summed E-state index contributed by atoms with van der Waals surface area (Å²) in [5.41, 5.74) is 0. The summed E-state index contributed by atoms with van der Waals surface area (Å²) in [5.74, 6) is 1.02. The van der Waals surface area contributed by atoms with Crippen molar-refractivity contribution in [1.29, 1.82) is 0 Å². The van der Waals surface area contributed by atoms with Crippen molar-refractivity contribution in [3.63, 3.8) is 0 Å². The molecule has 1 aromatic heterocycles. The highest BCUT2D eigenvalue weighted by molar-refractivity contribution is 4.91. The molecule has 0 aromatic carbocycles. The van der Waals surface area contributed by atoms with Gasteiger partial charge in [0.25, 0.3) is 0 Å². The molecule has 1 atom stereocenters. The molecule has 1 N–H and O–H groups in total. The van der Waals surface area contributed by atoms with E-state index in [0.29, 0.717) is 17.8 Å². The lowest BCUT2D eigenvalue weighted by atomic mass is 10.1. The average molecular weight is 211 g/mol. The summed E-state index contributed by atoms with van der Waals surface area (Å²) in [5, 5.41) is 12.5. The van der Waals surface area contributed by atoms with E-state index in [2.05, 4.69) is 22.0 Å². The van der Waals surface area contributed by atoms with Crippen LogP contribution in [0.2, 0.25) is 0 Å². The molecule has 1 saturated heterocycles. The van der Waals surface area contributed by atoms with Gasteiger partial charge < -0.3 is 14.5 Å². The number of rotatable bonds is 4. The normalized spacial score (nSPS) is 22.4. The predicted molar refractivity (Wildman–Crippen MR) is 54.2 cm³/mol. The summed E-state index contributed by atoms with van der Waals surface area (Å²) in [6.45, 7) is 4.27. The SMILES string of the molecule is CCN1CCCC1Cc1nc(CO)no1. The first-order chi connectivity index (χ1) is 7.33. The number of aliphatic hydroxyl groups excluding tert-OH is 1. The van der Waals surface area contributed by atoms with Crippen LogP contribution in [0, 0.1) is 0 Å². The number of hydrogen-bond acceptors (Lipinski definition) is 5. The van der Waals surface area contributed by atoms with Gasteiger partial charge in [0.2, 0.25) is 5.89 Å². The minimum Gasteiger partial charge on any atom is -0.388 e. The molecule has 0 bridgehead atoms. The van der Waals surface area contributed by atoms with Gasteiger partial charge in [0.1, 0.15) is 6.61 Å². The van der Waals surface area contributed by atoms with E-state index in [4.69, 9.17) is 9.63 Å². The summed E-state index contributed by atoms with van der Waals surface area (Å²) < 4.78 is 5.06. The van der Waals surface area contributed by atoms with Crippen LogP contribution in [0.1, 0.15) is 31.5 Å². The lowest BCUT2D eigenvalue weighted by Gasteiger charge is -2.20. The zero-order valence-corrected chi connectivity index (χ0v) is 9.02. The minimum atomic E-state index is -0.147. The maximum atomic E-state index is 8.81. The molecule has 1 aliphatic rings. The minimum absolute atomic E-state index is 0.147. The molecule has 1 aliphatic heterocycles. The summed E-state index contributed by atoms with van der Waals surface area (Å²) in [6, 6.07) is 0.530. The molecule has 15 heavy (non-hydrogen) atoms. The number of hydrogen-bond donors (Lipinski definition) is 1. The fraction of sp³-hybridized carbons (Fsp3) is 0.800. The van der Waals surface area contributed by atoms with Gasteiger partial charge in [0.05, 0.1) is 0 Å². The molecule has 0 amide bonds. The molecule has 0 spiro atoms. The van der Waals surface area contributed by atoms with E-state index in [1.165, 1.54) is 19.4 Å². The van der Waals surface area contributed by atoms with Crippen LogP contribution >= 0.6 is 0 Å². The molecular formula is C10H17N3O2. The molecular weight excluding hydrogens is 194 g/mol. The first kappa shape index (κ1) is 10.6. The van der Waals surface area contributed by atoms with Gasteiger partial charge in [-0.2, -0.15) is 4.98 Å². The Kier molecular flexibility index (Phi) is 3.33. The van der Waals surface area contributed by atoms with Crippen molar-refractivity contribution in [2.24, 2.45) is 0 Å². The van der Waals surface area contributed by atoms with Crippen LogP contribution in [0.4, 0.5) is 0 Å². The van der Waals surface area contributed by atoms with Crippen LogP contribution in [-0.4, -0.2) is 39.3 Å². The molecule has 2 heterocycles. The zero-order valence-electron chi connectivity index (χ0n) is 9.02. The van der Waals surface area contributed by atoms with Gasteiger partial charge in [0.15, 0.2) is 5.82 Å². The smallest absolute Gasteiger partial charge is 0.228 e. The summed E-state index contributed by atoms with van der Waals surface area (Å²) >= 11 is 0. The van der Waals surface area contributed by atoms with Gasteiger partial charge in [-0.25, -0.2) is 0 Å². The quantitative estimate of drug-likeness (QED) is 0.789. The predicted octanol–water partition coefficient (Wildman–Crippen LogP) is 0.589. The maximum Gasteiger partial charge on any atom is 0.228 e. The van der Waals surface area contributed by atoms with E-state index in [1.54, 1.807) is 0 Å². The fourth-order valence-corrected chi connectivity index (χ4v) is 2.18. The Bertz CT molecular complexity index is 313. The van der Waals surface area contributed by atoms with Crippen LogP contribution in [0.25, 0.3) is 0 Å². The number of nitrogens with zero attached hydrogens (tertiary/aromatic N) is 3. The highest BCUT2D eigenvalue weighted by Crippen LogP contribution is 2.19. The standard InChI is InChI=1S/C10H17N3O2/c1-2-13-5-3-4-8(13)6-10-11-9(7-14)12-15-10/h8,14H,2-7H2,1H3. The van der Waals surface area contributed by atoms with Gasteiger partial charge in [0, 0.05) is 12.5 Å². The van der Waals surface area contributed by atoms with Gasteiger partial charge in [-0.3, -0.25) is 0 Å². The fourth-order valence-electron chi connectivity index (χ4n) is 2.18. The van der Waals surface area contributed by atoms with Gasteiger partial charge in [-0.05, 0) is 25.9 Å². The van der Waals surface area contributed by atoms with E-state index < -0.39 is 0 Å². The lowest BCUT2D eigenvalue weighted by molar-refractivity contribution is 0.243. The third kappa shape index (κ3) is 2.35. The molecule has 0 aliphatic carbocycles. The monoisotopic (exact) mass is 211 g/mol. The number of likely N-dealkylation sites (N-methyl/N-ethyl adjacent to an activating group) is 1. The molecule has 2 rings (SSSR count). The van der Waals surface area contributed by atoms with Crippen molar-refractivity contribution in [1.82, 2.24) is 15.0 Å². The third-order valence-electron chi connectivity index (χ3n) is 2.97. The van der Waals surface area contributed by atoms with Crippen molar-refractivity contribution in [3.05, 3.63) is 11.7 Å². The Morgan fingerprint density at radius 2 is 2.47 bits per heavy atom. The van der Waals surface area contributed by atoms with E-state index in [0.717, 1.165) is 13.0 Å². The Morgan fingerprint density at radius 1 is 1.60 bits per heavy atom. The average Bonchev–Trinajstić information content (AvgIpc) is 2.87. The van der Waals surface area contributed by atoms with Crippen molar-refractivity contribution >= 4 is 0 Å². The first-order valence-corrected chi connectivity index (χ1v) is 5.50. The number of aliphatic hydroxyl groups is 1. The first-order valence-electron chi connectivity index (χ1n) is 5.50. The molecule has 5 nitrogen and oxygen atoms in total. The second-order valence-electron chi connectivity index (χ2n) is 3.89. The van der Waals surface area contributed by atoms with Crippen molar-refractivity contribution < 1.29 is 9.63 Å². The van der Waals surface area contributed by atoms with Crippen LogP contribution in [0.15, 0.2) is 4.52 Å². The Hall–Kier alpha value is -0.940. The summed E-state index contributed by atoms with van der Waals surface area (Å²) in [7, 11) is 0. The number of likely N-dealkylation sites (tertiary alicyclic amines) is 1. The zero-order chi connectivity index (χ0) is 10.7. The summed E-state index contributed by atoms with van der Waals surface area (Å²) in [6.07, 6.45) is 3.25. The molecule has 0 radical (unpaired) electrons. The van der Waals surface area contributed by atoms with Crippen molar-refractivity contribution in [2.45, 2.75) is 38.8 Å². The van der Waals surface area contributed by atoms with E-state index in [-0.39, 0.29) is 6.61 Å². The topological polar surface area (TPSA) is 62.4 Å². The van der Waals surface area contributed by atoms with Gasteiger partial charge >= 0.3 is 0 Å². The van der Waals surface area contributed by atoms with E-state index in [1.807, 2.05) is 0 Å². The van der Waals surface area contributed by atoms with Crippen LogP contribution < -0.4 is 0 Å². The van der Waals surface area contributed by atoms with Crippen LogP contribution in [-0.2, 0) is 13.0 Å². The maximum absolute atomic E-state index is 8.81. The Labute approximate surface area is 89.1 Å². The largest absolute Gasteiger partial charge is 0.388 e. The van der Waals surface area contributed by atoms with E-state index in [9.17, 15) is 0 Å². The lowest BCUT2D eigenvalue weighted by Crippen LogP contribution is -2.30. The molecule has 1 aromatic rings. The number of aromatic nitrogens is 2. The third-order valence-corrected chi connectivity index (χ3v) is 2.97. The van der Waals surface area contributed by atoms with Gasteiger partial charge in [-0.1, -0.05) is 12.1 Å². The Morgan fingerprint density at radius 3 is 3.13 bits per heavy atom. The van der Waals surface area contributed by atoms with Crippen molar-refractivity contribution in [3.8, 4) is 0 Å². The van der Waals surface area contributed by atoms with Crippen LogP contribution in [0.5, 0.6) is 0 Å². The molecule has 84 valence electrons. The highest BCUT2D eigenvalue weighted by atomic mass is 16.5. The highest BCUT2D eigenvalue weighted by Gasteiger charge is 2.25. The summed E-state index contributed by atoms with van der Waals surface area (Å²) in [4.78, 5) is 6.54. The molecule has 0 saturated carbocycles.